The molecule has 0 radical (unpaired) electrons. The van der Waals surface area contributed by atoms with Crippen molar-refractivity contribution in [3.8, 4) is 0 Å². The number of hydrogen-bond donors (Lipinski definition) is 4. The molecule has 0 saturated carbocycles. The molecule has 0 heterocycles. The minimum absolute atomic E-state index is 3.22. The molecule has 0 aromatic carbocycles. The van der Waals surface area contributed by atoms with E-state index in [1.54, 1.807) is 0 Å². The summed E-state index contributed by atoms with van der Waals surface area (Å²) in [5.74, 6) is 0. The third kappa shape index (κ3) is 6.92. The van der Waals surface area contributed by atoms with Crippen LogP contribution in [0.2, 0.25) is 0 Å². The Morgan fingerprint density at radius 2 is 1.14 bits per heavy atom. The van der Waals surface area contributed by atoms with Crippen molar-refractivity contribution in [1.29, 1.82) is 0 Å². The molecule has 0 amide bonds. The van der Waals surface area contributed by atoms with Crippen molar-refractivity contribution < 1.29 is 19.1 Å². The zero-order valence-corrected chi connectivity index (χ0v) is 6.84. The second kappa shape index (κ2) is 3.86. The van der Waals surface area contributed by atoms with E-state index in [4.69, 9.17) is 16.4 Å². The Morgan fingerprint density at radius 1 is 0.857 bits per heavy atom. The zero-order valence-electron chi connectivity index (χ0n) is 3.09. The first-order valence-corrected chi connectivity index (χ1v) is 6.05. The van der Waals surface area contributed by atoms with Gasteiger partial charge >= 0.3 is 50.4 Å². The van der Waals surface area contributed by atoms with Gasteiger partial charge in [0.2, 0.25) is 0 Å². The summed E-state index contributed by atoms with van der Waals surface area (Å²) in [5.41, 5.74) is 0. The molecule has 0 unspecified atom stereocenters. The molecule has 7 heavy (non-hydrogen) atoms. The van der Waals surface area contributed by atoms with E-state index in [-0.39, 0.29) is 0 Å². The monoisotopic (exact) mass is 234 g/mol. The van der Waals surface area contributed by atoms with Crippen LogP contribution < -0.4 is 0 Å². The second-order valence-corrected chi connectivity index (χ2v) is 4.83. The summed E-state index contributed by atoms with van der Waals surface area (Å²) < 4.78 is 35.4. The molecular weight excluding hydrogens is 230 g/mol. The molecule has 0 aromatic heterocycles. The summed E-state index contributed by atoms with van der Waals surface area (Å²) in [6, 6.07) is 0. The molecule has 0 atom stereocenters. The summed E-state index contributed by atoms with van der Waals surface area (Å²) in [5, 5.41) is 0. The van der Waals surface area contributed by atoms with Gasteiger partial charge in [0, 0.05) is 0 Å². The molecule has 0 aliphatic carbocycles. The van der Waals surface area contributed by atoms with Gasteiger partial charge in [-0.2, -0.15) is 0 Å². The van der Waals surface area contributed by atoms with Gasteiger partial charge in [-0.15, -0.1) is 0 Å². The van der Waals surface area contributed by atoms with Gasteiger partial charge in [0.1, 0.15) is 0 Å². The molecular formula is H4As2O5. The van der Waals surface area contributed by atoms with E-state index in [2.05, 4.69) is 2.72 Å². The quantitative estimate of drug-likeness (QED) is 0.381. The predicted octanol–water partition coefficient (Wildman–Crippen LogP) is -3.06. The Morgan fingerprint density at radius 3 is 1.14 bits per heavy atom. The first kappa shape index (κ1) is 7.92. The molecule has 5 nitrogen and oxygen atoms in total. The van der Waals surface area contributed by atoms with Crippen LogP contribution in [0.4, 0.5) is 0 Å². The maximum absolute atomic E-state index is 7.92. The van der Waals surface area contributed by atoms with Gasteiger partial charge < -0.3 is 0 Å². The third-order valence-electron chi connectivity index (χ3n) is 0.146. The molecule has 0 fully saturated rings. The Kier molecular flexibility index (Phi) is 4.37. The first-order chi connectivity index (χ1) is 3.13. The van der Waals surface area contributed by atoms with Gasteiger partial charge in [-0.05, 0) is 0 Å². The van der Waals surface area contributed by atoms with Crippen LogP contribution in [0.25, 0.3) is 0 Å². The SMILES string of the molecule is O[As](O)O[As](O)O. The Balaban J connectivity index is 2.95. The number of rotatable bonds is 2. The van der Waals surface area contributed by atoms with Crippen molar-refractivity contribution in [2.45, 2.75) is 0 Å². The van der Waals surface area contributed by atoms with Crippen LogP contribution in [0.1, 0.15) is 0 Å². The molecule has 0 bridgehead atoms. The van der Waals surface area contributed by atoms with Crippen LogP contribution in [-0.2, 0) is 2.72 Å². The van der Waals surface area contributed by atoms with E-state index in [0.29, 0.717) is 0 Å². The summed E-state index contributed by atoms with van der Waals surface area (Å²) in [4.78, 5) is 0. The van der Waals surface area contributed by atoms with Crippen LogP contribution in [0.3, 0.4) is 0 Å². The summed E-state index contributed by atoms with van der Waals surface area (Å²) in [6.45, 7) is 0. The normalized spacial score (nSPS) is 11.1. The van der Waals surface area contributed by atoms with Crippen molar-refractivity contribution in [2.24, 2.45) is 0 Å². The van der Waals surface area contributed by atoms with Gasteiger partial charge in [0.25, 0.3) is 0 Å². The van der Waals surface area contributed by atoms with E-state index in [0.717, 1.165) is 0 Å². The van der Waals surface area contributed by atoms with E-state index >= 15 is 0 Å². The Labute approximate surface area is 50.8 Å². The molecule has 0 spiro atoms. The van der Waals surface area contributed by atoms with Gasteiger partial charge in [-0.25, -0.2) is 0 Å². The molecule has 4 N–H and O–H groups in total. The van der Waals surface area contributed by atoms with Crippen molar-refractivity contribution in [1.82, 2.24) is 0 Å². The maximum atomic E-state index is 7.92. The second-order valence-electron chi connectivity index (χ2n) is 0.587. The van der Waals surface area contributed by atoms with Gasteiger partial charge in [0.15, 0.2) is 0 Å². The van der Waals surface area contributed by atoms with Crippen LogP contribution in [0.5, 0.6) is 0 Å². The van der Waals surface area contributed by atoms with Gasteiger partial charge in [0.05, 0.1) is 0 Å². The van der Waals surface area contributed by atoms with Gasteiger partial charge in [-0.3, -0.25) is 0 Å². The molecule has 7 heteroatoms. The van der Waals surface area contributed by atoms with E-state index in [1.165, 1.54) is 0 Å². The average Bonchev–Trinajstić information content (AvgIpc) is 1.27. The molecule has 44 valence electrons. The van der Waals surface area contributed by atoms with Crippen LogP contribution >= 0.6 is 0 Å². The standard InChI is InChI=1S/As2H4O5/c3-1(4)7-2(5)6/h3-6H. The fourth-order valence-electron chi connectivity index (χ4n) is 0.0653. The fourth-order valence-corrected chi connectivity index (χ4v) is 1.76. The summed E-state index contributed by atoms with van der Waals surface area (Å²) >= 11 is -6.44. The van der Waals surface area contributed by atoms with Crippen LogP contribution in [-0.4, -0.2) is 47.7 Å². The Hall–Kier alpha value is 0.917. The van der Waals surface area contributed by atoms with E-state index < -0.39 is 31.4 Å². The number of hydrogen-bond acceptors (Lipinski definition) is 5. The molecule has 0 aliphatic heterocycles. The topological polar surface area (TPSA) is 90.2 Å². The van der Waals surface area contributed by atoms with E-state index in [1.807, 2.05) is 0 Å². The molecule has 0 saturated heterocycles. The third-order valence-corrected chi connectivity index (χ3v) is 3.94. The zero-order chi connectivity index (χ0) is 5.86. The van der Waals surface area contributed by atoms with Crippen molar-refractivity contribution >= 4 is 31.4 Å². The van der Waals surface area contributed by atoms with Crippen molar-refractivity contribution in [3.63, 3.8) is 0 Å². The average molecular weight is 234 g/mol. The predicted molar refractivity (Wildman–Crippen MR) is 21.5 cm³/mol. The summed E-state index contributed by atoms with van der Waals surface area (Å²) in [6.07, 6.45) is 0. The summed E-state index contributed by atoms with van der Waals surface area (Å²) in [7, 11) is 0. The Bertz CT molecular complexity index is 35.3. The molecule has 0 aromatic rings. The van der Waals surface area contributed by atoms with Crippen molar-refractivity contribution in [2.75, 3.05) is 0 Å². The minimum atomic E-state index is -3.22. The van der Waals surface area contributed by atoms with Crippen molar-refractivity contribution in [3.05, 3.63) is 0 Å². The first-order valence-electron chi connectivity index (χ1n) is 1.17. The van der Waals surface area contributed by atoms with Gasteiger partial charge in [-0.1, -0.05) is 0 Å². The van der Waals surface area contributed by atoms with Crippen LogP contribution in [0, 0.1) is 0 Å². The van der Waals surface area contributed by atoms with Crippen LogP contribution in [0.15, 0.2) is 0 Å². The fraction of sp³-hybridized carbons (Fsp3) is 0. The molecule has 0 aliphatic rings. The van der Waals surface area contributed by atoms with E-state index in [9.17, 15) is 0 Å². The molecule has 0 rings (SSSR count).